The number of nitrogens with zero attached hydrogens (tertiary/aromatic N) is 2. The molecule has 7 nitrogen and oxygen atoms in total. The molecule has 0 spiro atoms. The molecule has 3 aromatic rings. The first-order valence-corrected chi connectivity index (χ1v) is 15.8. The quantitative estimate of drug-likeness (QED) is 0.238. The van der Waals surface area contributed by atoms with E-state index >= 15 is 0 Å². The monoisotopic (exact) mass is 597 g/mol. The summed E-state index contributed by atoms with van der Waals surface area (Å²) in [6, 6.07) is 18.3. The van der Waals surface area contributed by atoms with E-state index in [1.165, 1.54) is 17.0 Å². The van der Waals surface area contributed by atoms with Gasteiger partial charge < -0.3 is 10.2 Å². The number of hydrogen-bond acceptors (Lipinski definition) is 4. The van der Waals surface area contributed by atoms with Gasteiger partial charge >= 0.3 is 0 Å². The van der Waals surface area contributed by atoms with Crippen molar-refractivity contribution < 1.29 is 18.0 Å². The van der Waals surface area contributed by atoms with E-state index in [9.17, 15) is 18.0 Å². The summed E-state index contributed by atoms with van der Waals surface area (Å²) in [6.45, 7) is 9.72. The topological polar surface area (TPSA) is 86.8 Å². The summed E-state index contributed by atoms with van der Waals surface area (Å²) >= 11 is 6.40. The lowest BCUT2D eigenvalue weighted by Crippen LogP contribution is -2.52. The molecule has 0 radical (unpaired) electrons. The molecule has 0 aliphatic rings. The minimum atomic E-state index is -4.15. The second-order valence-corrected chi connectivity index (χ2v) is 12.6. The van der Waals surface area contributed by atoms with Gasteiger partial charge in [-0.1, -0.05) is 85.5 Å². The molecule has 0 aromatic heterocycles. The molecule has 1 atom stereocenters. The predicted molar refractivity (Wildman–Crippen MR) is 166 cm³/mol. The number of carbonyl (C=O) groups excluding carboxylic acids is 2. The van der Waals surface area contributed by atoms with Crippen molar-refractivity contribution >= 4 is 39.1 Å². The van der Waals surface area contributed by atoms with E-state index in [4.69, 9.17) is 11.6 Å². The zero-order valence-electron chi connectivity index (χ0n) is 24.5. The normalized spacial score (nSPS) is 12.0. The second-order valence-electron chi connectivity index (χ2n) is 10.3. The Morgan fingerprint density at radius 3 is 2.07 bits per heavy atom. The average molecular weight is 598 g/mol. The van der Waals surface area contributed by atoms with Gasteiger partial charge in [0.2, 0.25) is 11.8 Å². The highest BCUT2D eigenvalue weighted by Crippen LogP contribution is 2.29. The number of aryl methyl sites for hydroxylation is 3. The number of rotatable bonds is 13. The Hall–Kier alpha value is -3.36. The van der Waals surface area contributed by atoms with E-state index in [2.05, 4.69) is 5.32 Å². The molecule has 220 valence electrons. The third-order valence-corrected chi connectivity index (χ3v) is 9.22. The third-order valence-electron chi connectivity index (χ3n) is 7.02. The summed E-state index contributed by atoms with van der Waals surface area (Å²) < 4.78 is 29.0. The molecule has 0 bridgehead atoms. The van der Waals surface area contributed by atoms with Crippen LogP contribution >= 0.6 is 11.6 Å². The van der Waals surface area contributed by atoms with Crippen LogP contribution in [0.3, 0.4) is 0 Å². The Kier molecular flexibility index (Phi) is 11.4. The van der Waals surface area contributed by atoms with Crippen LogP contribution in [0.4, 0.5) is 5.69 Å². The fourth-order valence-electron chi connectivity index (χ4n) is 4.42. The lowest BCUT2D eigenvalue weighted by Gasteiger charge is -2.33. The summed E-state index contributed by atoms with van der Waals surface area (Å²) in [6.07, 6.45) is 2.12. The van der Waals surface area contributed by atoms with Gasteiger partial charge in [0.15, 0.2) is 0 Å². The largest absolute Gasteiger partial charge is 0.354 e. The van der Waals surface area contributed by atoms with Crippen LogP contribution in [0.25, 0.3) is 0 Å². The van der Waals surface area contributed by atoms with Crippen LogP contribution in [-0.2, 0) is 26.2 Å². The van der Waals surface area contributed by atoms with Crippen LogP contribution in [0.2, 0.25) is 5.02 Å². The molecular weight excluding hydrogens is 558 g/mol. The first-order chi connectivity index (χ1) is 19.5. The number of amides is 2. The number of unbranched alkanes of at least 4 members (excludes halogenated alkanes) is 1. The lowest BCUT2D eigenvalue weighted by molar-refractivity contribution is -0.140. The molecule has 0 saturated carbocycles. The van der Waals surface area contributed by atoms with Gasteiger partial charge in [0.25, 0.3) is 10.0 Å². The summed E-state index contributed by atoms with van der Waals surface area (Å²) in [5, 5.41) is 3.33. The maximum atomic E-state index is 14.1. The van der Waals surface area contributed by atoms with Crippen LogP contribution in [-0.4, -0.2) is 44.3 Å². The number of anilines is 1. The van der Waals surface area contributed by atoms with E-state index < -0.39 is 28.5 Å². The number of hydrogen-bond donors (Lipinski definition) is 1. The maximum absolute atomic E-state index is 14.1. The van der Waals surface area contributed by atoms with E-state index in [-0.39, 0.29) is 23.0 Å². The van der Waals surface area contributed by atoms with E-state index in [1.54, 1.807) is 30.3 Å². The van der Waals surface area contributed by atoms with Gasteiger partial charge in [0.1, 0.15) is 12.6 Å². The smallest absolute Gasteiger partial charge is 0.264 e. The van der Waals surface area contributed by atoms with Crippen LogP contribution < -0.4 is 9.62 Å². The van der Waals surface area contributed by atoms with Gasteiger partial charge in [-0.3, -0.25) is 13.9 Å². The van der Waals surface area contributed by atoms with Crippen molar-refractivity contribution in [1.29, 1.82) is 0 Å². The van der Waals surface area contributed by atoms with Crippen molar-refractivity contribution in [2.24, 2.45) is 0 Å². The zero-order valence-corrected chi connectivity index (χ0v) is 26.1. The molecule has 0 fully saturated rings. The van der Waals surface area contributed by atoms with E-state index in [0.29, 0.717) is 18.0 Å². The molecule has 9 heteroatoms. The highest BCUT2D eigenvalue weighted by atomic mass is 35.5. The molecule has 1 N–H and O–H groups in total. The SMILES string of the molecule is CCCCNC(=O)C(CC)N(Cc1ccc(C)cc1)C(=O)CN(c1ccc(C)c(Cl)c1)S(=O)(=O)c1ccc(C)cc1. The van der Waals surface area contributed by atoms with Gasteiger partial charge in [-0.2, -0.15) is 0 Å². The Morgan fingerprint density at radius 1 is 0.902 bits per heavy atom. The molecule has 3 rings (SSSR count). The first-order valence-electron chi connectivity index (χ1n) is 14.0. The van der Waals surface area contributed by atoms with Gasteiger partial charge in [-0.05, 0) is 69.0 Å². The van der Waals surface area contributed by atoms with E-state index in [1.807, 2.05) is 58.9 Å². The van der Waals surface area contributed by atoms with Crippen molar-refractivity contribution in [3.8, 4) is 0 Å². The van der Waals surface area contributed by atoms with Crippen LogP contribution in [0.1, 0.15) is 55.4 Å². The van der Waals surface area contributed by atoms with Crippen molar-refractivity contribution in [2.45, 2.75) is 71.4 Å². The number of carbonyl (C=O) groups is 2. The van der Waals surface area contributed by atoms with Crippen LogP contribution in [0.15, 0.2) is 71.6 Å². The van der Waals surface area contributed by atoms with Gasteiger partial charge in [-0.15, -0.1) is 0 Å². The van der Waals surface area contributed by atoms with Crippen molar-refractivity contribution in [1.82, 2.24) is 10.2 Å². The molecule has 1 unspecified atom stereocenters. The Balaban J connectivity index is 2.05. The highest BCUT2D eigenvalue weighted by Gasteiger charge is 2.33. The van der Waals surface area contributed by atoms with Gasteiger partial charge in [0, 0.05) is 18.1 Å². The van der Waals surface area contributed by atoms with Gasteiger partial charge in [0.05, 0.1) is 10.6 Å². The number of sulfonamides is 1. The minimum absolute atomic E-state index is 0.0574. The molecular formula is C32H40ClN3O4S. The van der Waals surface area contributed by atoms with Crippen LogP contribution in [0, 0.1) is 20.8 Å². The zero-order chi connectivity index (χ0) is 30.2. The highest BCUT2D eigenvalue weighted by molar-refractivity contribution is 7.92. The Morgan fingerprint density at radius 2 is 1.51 bits per heavy atom. The van der Waals surface area contributed by atoms with Crippen molar-refractivity contribution in [2.75, 3.05) is 17.4 Å². The Bertz CT molecular complexity index is 1440. The van der Waals surface area contributed by atoms with Crippen molar-refractivity contribution in [3.63, 3.8) is 0 Å². The lowest BCUT2D eigenvalue weighted by atomic mass is 10.1. The number of nitrogens with one attached hydrogen (secondary N) is 1. The first kappa shape index (κ1) is 32.2. The van der Waals surface area contributed by atoms with E-state index in [0.717, 1.165) is 39.4 Å². The third kappa shape index (κ3) is 8.33. The predicted octanol–water partition coefficient (Wildman–Crippen LogP) is 6.18. The standard InChI is InChI=1S/C32H40ClN3O4S/c1-6-8-19-34-32(38)30(7-2)35(21-26-14-9-23(3)10-15-26)31(37)22-36(27-16-13-25(5)29(33)20-27)41(39,40)28-17-11-24(4)12-18-28/h9-18,20,30H,6-8,19,21-22H2,1-5H3,(H,34,38). The molecule has 0 heterocycles. The average Bonchev–Trinajstić information content (AvgIpc) is 2.94. The summed E-state index contributed by atoms with van der Waals surface area (Å²) in [7, 11) is -4.15. The van der Waals surface area contributed by atoms with Crippen LogP contribution in [0.5, 0.6) is 0 Å². The second kappa shape index (κ2) is 14.5. The molecule has 0 saturated heterocycles. The summed E-state index contributed by atoms with van der Waals surface area (Å²) in [5.41, 5.74) is 3.88. The van der Waals surface area contributed by atoms with Crippen molar-refractivity contribution in [3.05, 3.63) is 94.0 Å². The molecule has 41 heavy (non-hydrogen) atoms. The molecule has 0 aliphatic heterocycles. The summed E-state index contributed by atoms with van der Waals surface area (Å²) in [5.74, 6) is -0.747. The maximum Gasteiger partial charge on any atom is 0.264 e. The molecule has 2 amide bonds. The number of halogens is 1. The minimum Gasteiger partial charge on any atom is -0.354 e. The fourth-order valence-corrected chi connectivity index (χ4v) is 6.00. The Labute approximate surface area is 249 Å². The number of benzene rings is 3. The molecule has 3 aromatic carbocycles. The summed E-state index contributed by atoms with van der Waals surface area (Å²) in [4.78, 5) is 28.9. The van der Waals surface area contributed by atoms with Gasteiger partial charge in [-0.25, -0.2) is 8.42 Å². The molecule has 0 aliphatic carbocycles. The fraction of sp³-hybridized carbons (Fsp3) is 0.375.